The minimum Gasteiger partial charge on any atom is -0.246 e. The molecule has 0 aromatic carbocycles. The summed E-state index contributed by atoms with van der Waals surface area (Å²) in [6.45, 7) is 0. The molecule has 18 heavy (non-hydrogen) atoms. The average Bonchev–Trinajstić information content (AvgIpc) is 2.39. The second kappa shape index (κ2) is 16.4. The number of hydrogen-bond acceptors (Lipinski definition) is 16. The summed E-state index contributed by atoms with van der Waals surface area (Å²) < 4.78 is 0. The first kappa shape index (κ1) is 17.4. The maximum absolute atomic E-state index is 2.63. The molecule has 0 radical (unpaired) electrons. The summed E-state index contributed by atoms with van der Waals surface area (Å²) in [5, 5.41) is 0. The average molecular weight is 270 g/mol. The summed E-state index contributed by atoms with van der Waals surface area (Å²) in [5.41, 5.74) is 40.6. The van der Waals surface area contributed by atoms with E-state index in [2.05, 4.69) is 88.3 Å². The van der Waals surface area contributed by atoms with E-state index in [1.807, 2.05) is 0 Å². The van der Waals surface area contributed by atoms with Crippen LogP contribution in [0.1, 0.15) is 0 Å². The lowest BCUT2D eigenvalue weighted by Crippen LogP contribution is -2.68. The van der Waals surface area contributed by atoms with Gasteiger partial charge in [0.2, 0.25) is 0 Å². The monoisotopic (exact) mass is 270 g/mol. The van der Waals surface area contributed by atoms with Gasteiger partial charge in [0.15, 0.2) is 0 Å². The molecule has 110 valence electrons. The summed E-state index contributed by atoms with van der Waals surface area (Å²) in [4.78, 5) is 0. The van der Waals surface area contributed by atoms with E-state index in [0.29, 0.717) is 0 Å². The van der Waals surface area contributed by atoms with Crippen molar-refractivity contribution >= 4 is 0 Å². The normalized spacial score (nSPS) is 11.0. The fourth-order valence-electron chi connectivity index (χ4n) is 0.500. The molecule has 0 saturated heterocycles. The van der Waals surface area contributed by atoms with Crippen LogP contribution in [-0.2, 0) is 0 Å². The minimum atomic E-state index is 1.71. The van der Waals surface area contributed by atoms with Gasteiger partial charge in [0, 0.05) is 0 Å². The lowest BCUT2D eigenvalue weighted by Gasteiger charge is -2.14. The van der Waals surface area contributed by atoms with Crippen molar-refractivity contribution in [2.24, 2.45) is 0 Å². The lowest BCUT2D eigenvalue weighted by molar-refractivity contribution is 0.203. The van der Waals surface area contributed by atoms with Gasteiger partial charge in [-0.2, -0.15) is 77.5 Å². The molecule has 0 aromatic heterocycles. The molecule has 16 nitrogen and oxygen atoms in total. The Balaban J connectivity index is 2.86. The van der Waals surface area contributed by atoms with E-state index in [-0.39, 0.29) is 0 Å². The summed E-state index contributed by atoms with van der Waals surface area (Å²) >= 11 is 0. The van der Waals surface area contributed by atoms with E-state index in [4.69, 9.17) is 0 Å². The second-order valence-corrected chi connectivity index (χ2v) is 2.25. The first-order chi connectivity index (χ1) is 8.91. The predicted octanol–water partition coefficient (Wildman–Crippen LogP) is -7.60. The van der Waals surface area contributed by atoms with Crippen LogP contribution in [0.15, 0.2) is 0 Å². The summed E-state index contributed by atoms with van der Waals surface area (Å²) in [6.07, 6.45) is 0. The fraction of sp³-hybridized carbons (Fsp3) is 1.00. The zero-order valence-electron chi connectivity index (χ0n) is 10.0. The van der Waals surface area contributed by atoms with E-state index in [0.717, 1.165) is 0 Å². The Morgan fingerprint density at radius 3 is 0.611 bits per heavy atom. The smallest absolute Gasteiger partial charge is 0.000111 e. The standard InChI is InChI=1S/C2H22N16/c1-3-5-7-9-11-13-15-17-18-16-14-12-10-8-6-4-2/h3-18H,1-2H3. The molecule has 0 rings (SSSR count). The molecule has 0 aromatic rings. The van der Waals surface area contributed by atoms with Gasteiger partial charge in [-0.05, 0) is 14.1 Å². The SMILES string of the molecule is CNNNNNNNNNNNNNNNNC. The molecule has 0 amide bonds. The highest BCUT2D eigenvalue weighted by atomic mass is 16.0. The van der Waals surface area contributed by atoms with Gasteiger partial charge >= 0.3 is 0 Å². The largest absolute Gasteiger partial charge is 0.246 e. The molecule has 0 saturated carbocycles. The Hall–Kier alpha value is -0.640. The Labute approximate surface area is 103 Å². The van der Waals surface area contributed by atoms with E-state index in [1.165, 1.54) is 0 Å². The second-order valence-electron chi connectivity index (χ2n) is 2.25. The Kier molecular flexibility index (Phi) is 15.8. The van der Waals surface area contributed by atoms with Crippen molar-refractivity contribution in [3.8, 4) is 0 Å². The van der Waals surface area contributed by atoms with Crippen molar-refractivity contribution in [2.75, 3.05) is 14.1 Å². The van der Waals surface area contributed by atoms with Crippen LogP contribution in [0, 0.1) is 0 Å². The highest BCUT2D eigenvalue weighted by molar-refractivity contribution is 4.17. The van der Waals surface area contributed by atoms with Crippen molar-refractivity contribution in [2.45, 2.75) is 0 Å². The van der Waals surface area contributed by atoms with Crippen LogP contribution < -0.4 is 88.3 Å². The third-order valence-corrected chi connectivity index (χ3v) is 1.06. The molecule has 0 bridgehead atoms. The number of hydrazine groups is 15. The molecule has 0 unspecified atom stereocenters. The van der Waals surface area contributed by atoms with Crippen molar-refractivity contribution in [3.63, 3.8) is 0 Å². The number of rotatable bonds is 15. The van der Waals surface area contributed by atoms with Crippen molar-refractivity contribution in [1.29, 1.82) is 0 Å². The fourth-order valence-corrected chi connectivity index (χ4v) is 0.500. The molecular weight excluding hydrogens is 248 g/mol. The highest BCUT2D eigenvalue weighted by Crippen LogP contribution is 1.28. The Morgan fingerprint density at radius 2 is 0.444 bits per heavy atom. The Morgan fingerprint density at radius 1 is 0.278 bits per heavy atom. The van der Waals surface area contributed by atoms with Crippen LogP contribution in [0.5, 0.6) is 0 Å². The van der Waals surface area contributed by atoms with Crippen molar-refractivity contribution in [3.05, 3.63) is 0 Å². The zero-order valence-corrected chi connectivity index (χ0v) is 10.0. The van der Waals surface area contributed by atoms with Crippen LogP contribution in [-0.4, -0.2) is 14.1 Å². The molecular formula is C2H22N16. The van der Waals surface area contributed by atoms with Gasteiger partial charge in [-0.25, -0.2) is 10.9 Å². The molecule has 0 aliphatic heterocycles. The molecule has 16 heteroatoms. The van der Waals surface area contributed by atoms with Crippen molar-refractivity contribution in [1.82, 2.24) is 88.3 Å². The molecule has 0 aliphatic rings. The first-order valence-corrected chi connectivity index (χ1v) is 4.75. The van der Waals surface area contributed by atoms with Gasteiger partial charge in [0.05, 0.1) is 0 Å². The van der Waals surface area contributed by atoms with Crippen molar-refractivity contribution < 1.29 is 0 Å². The van der Waals surface area contributed by atoms with Gasteiger partial charge in [-0.3, -0.25) is 0 Å². The van der Waals surface area contributed by atoms with Gasteiger partial charge in [-0.1, -0.05) is 0 Å². The quantitative estimate of drug-likeness (QED) is 0.0989. The first-order valence-electron chi connectivity index (χ1n) is 4.75. The van der Waals surface area contributed by atoms with Gasteiger partial charge in [0.25, 0.3) is 0 Å². The van der Waals surface area contributed by atoms with Crippen LogP contribution in [0.3, 0.4) is 0 Å². The van der Waals surface area contributed by atoms with E-state index >= 15 is 0 Å². The Bertz CT molecular complexity index is 121. The minimum absolute atomic E-state index is 1.71. The molecule has 0 atom stereocenters. The van der Waals surface area contributed by atoms with E-state index in [1.54, 1.807) is 14.1 Å². The summed E-state index contributed by atoms with van der Waals surface area (Å²) in [6, 6.07) is 0. The van der Waals surface area contributed by atoms with Crippen LogP contribution in [0.2, 0.25) is 0 Å². The number of nitrogens with one attached hydrogen (secondary N) is 16. The number of hydrogen-bond donors (Lipinski definition) is 16. The van der Waals surface area contributed by atoms with Crippen LogP contribution >= 0.6 is 0 Å². The van der Waals surface area contributed by atoms with Gasteiger partial charge < -0.3 is 0 Å². The molecule has 16 N–H and O–H groups in total. The van der Waals surface area contributed by atoms with E-state index < -0.39 is 0 Å². The molecule has 0 aliphatic carbocycles. The third kappa shape index (κ3) is 15.4. The topological polar surface area (TPSA) is 192 Å². The molecule has 0 spiro atoms. The predicted molar refractivity (Wildman–Crippen MR) is 62.0 cm³/mol. The maximum atomic E-state index is 2.63. The van der Waals surface area contributed by atoms with Gasteiger partial charge in [-0.15, -0.1) is 0 Å². The van der Waals surface area contributed by atoms with E-state index in [9.17, 15) is 0 Å². The van der Waals surface area contributed by atoms with Gasteiger partial charge in [0.1, 0.15) is 0 Å². The van der Waals surface area contributed by atoms with Crippen LogP contribution in [0.4, 0.5) is 0 Å². The molecule has 0 fully saturated rings. The lowest BCUT2D eigenvalue weighted by atomic mass is 11.5. The highest BCUT2D eigenvalue weighted by Gasteiger charge is 1.82. The molecule has 0 heterocycles. The zero-order chi connectivity index (χ0) is 13.3. The maximum Gasteiger partial charge on any atom is -0.000111 e. The third-order valence-electron chi connectivity index (χ3n) is 1.06. The summed E-state index contributed by atoms with van der Waals surface area (Å²) in [5.74, 6) is 0. The van der Waals surface area contributed by atoms with Crippen LogP contribution in [0.25, 0.3) is 0 Å². The summed E-state index contributed by atoms with van der Waals surface area (Å²) in [7, 11) is 3.41.